The third-order valence-corrected chi connectivity index (χ3v) is 7.35. The normalized spacial score (nSPS) is 19.2. The second kappa shape index (κ2) is 10.9. The van der Waals surface area contributed by atoms with Crippen molar-refractivity contribution in [3.05, 3.63) is 86.6 Å². The van der Waals surface area contributed by atoms with Gasteiger partial charge in [-0.1, -0.05) is 23.7 Å². The molecule has 2 aliphatic heterocycles. The van der Waals surface area contributed by atoms with Gasteiger partial charge in [-0.3, -0.25) is 14.7 Å². The molecule has 1 fully saturated rings. The predicted octanol–water partition coefficient (Wildman–Crippen LogP) is 5.16. The lowest BCUT2D eigenvalue weighted by molar-refractivity contribution is -0.123. The van der Waals surface area contributed by atoms with Gasteiger partial charge in [0.25, 0.3) is 0 Å². The highest BCUT2D eigenvalue weighted by Crippen LogP contribution is 2.45. The van der Waals surface area contributed by atoms with Crippen molar-refractivity contribution in [2.45, 2.75) is 32.0 Å². The summed E-state index contributed by atoms with van der Waals surface area (Å²) in [6.45, 7) is 4.54. The van der Waals surface area contributed by atoms with Crippen LogP contribution < -0.4 is 10.1 Å². The second-order valence-electron chi connectivity index (χ2n) is 9.36. The zero-order chi connectivity index (χ0) is 26.8. The van der Waals surface area contributed by atoms with Crippen LogP contribution in [0.1, 0.15) is 48.2 Å². The molecule has 0 spiro atoms. The van der Waals surface area contributed by atoms with E-state index in [4.69, 9.17) is 21.3 Å². The number of nitrogens with zero attached hydrogens (tertiary/aromatic N) is 4. The third kappa shape index (κ3) is 5.10. The summed E-state index contributed by atoms with van der Waals surface area (Å²) in [5, 5.41) is 16.9. The number of rotatable bonds is 5. The van der Waals surface area contributed by atoms with Gasteiger partial charge in [0.05, 0.1) is 29.3 Å². The number of urea groups is 1. The van der Waals surface area contributed by atoms with Crippen LogP contribution in [0.15, 0.2) is 64.3 Å². The molecule has 1 N–H and O–H groups in total. The van der Waals surface area contributed by atoms with Crippen LogP contribution in [-0.4, -0.2) is 53.3 Å². The summed E-state index contributed by atoms with van der Waals surface area (Å²) in [5.41, 5.74) is 2.87. The summed E-state index contributed by atoms with van der Waals surface area (Å²) in [6, 6.07) is 15.5. The van der Waals surface area contributed by atoms with Gasteiger partial charge in [-0.2, -0.15) is 16.6 Å². The van der Waals surface area contributed by atoms with E-state index in [0.29, 0.717) is 40.8 Å². The molecule has 3 amide bonds. The lowest BCUT2D eigenvalue weighted by atomic mass is 9.95. The average Bonchev–Trinajstić information content (AvgIpc) is 3.56. The lowest BCUT2D eigenvalue weighted by Crippen LogP contribution is -2.55. The highest BCUT2D eigenvalue weighted by molar-refractivity contribution is 7.08. The highest BCUT2D eigenvalue weighted by Gasteiger charge is 2.45. The second-order valence-corrected chi connectivity index (χ2v) is 10.6. The van der Waals surface area contributed by atoms with Crippen LogP contribution in [0.25, 0.3) is 0 Å². The fourth-order valence-electron chi connectivity index (χ4n) is 4.72. The van der Waals surface area contributed by atoms with Gasteiger partial charge < -0.3 is 15.0 Å². The molecule has 0 bridgehead atoms. The van der Waals surface area contributed by atoms with Crippen molar-refractivity contribution >= 4 is 40.7 Å². The van der Waals surface area contributed by atoms with Crippen molar-refractivity contribution in [2.24, 2.45) is 4.99 Å². The largest absolute Gasteiger partial charge is 0.490 e. The standard InChI is InChI=1S/C28H26ClN5O3S/c1-17(2)37-23-13-18(14-30)3-8-22(23)27-32-25(19-4-6-21(29)7-5-19)26(20-9-12-38-16-20)34(27)28(36)33-11-10-31-24(35)15-33/h3-9,12-13,16-17,25-26H,10-11,15H2,1-2H3,(H,31,35)/t25-,26+/m0/s1. The molecule has 2 aliphatic rings. The Balaban J connectivity index is 1.69. The topological polar surface area (TPSA) is 98.0 Å². The summed E-state index contributed by atoms with van der Waals surface area (Å²) in [7, 11) is 0. The first-order valence-electron chi connectivity index (χ1n) is 12.3. The van der Waals surface area contributed by atoms with Gasteiger partial charge in [-0.15, -0.1) is 0 Å². The number of halogens is 1. The van der Waals surface area contributed by atoms with Gasteiger partial charge in [0.2, 0.25) is 5.91 Å². The molecule has 0 radical (unpaired) electrons. The maximum Gasteiger partial charge on any atom is 0.326 e. The summed E-state index contributed by atoms with van der Waals surface area (Å²) in [4.78, 5) is 34.8. The van der Waals surface area contributed by atoms with E-state index in [1.165, 1.54) is 0 Å². The van der Waals surface area contributed by atoms with Gasteiger partial charge in [-0.25, -0.2) is 4.79 Å². The monoisotopic (exact) mass is 547 g/mol. The molecule has 5 rings (SSSR count). The van der Waals surface area contributed by atoms with Gasteiger partial charge >= 0.3 is 6.03 Å². The average molecular weight is 548 g/mol. The van der Waals surface area contributed by atoms with Crippen molar-refractivity contribution in [1.29, 1.82) is 5.26 Å². The smallest absolute Gasteiger partial charge is 0.326 e. The molecule has 1 aromatic heterocycles. The van der Waals surface area contributed by atoms with E-state index in [0.717, 1.165) is 11.1 Å². The number of ether oxygens (including phenoxy) is 1. The number of benzene rings is 2. The maximum atomic E-state index is 14.2. The van der Waals surface area contributed by atoms with Crippen LogP contribution in [0.5, 0.6) is 5.75 Å². The first kappa shape index (κ1) is 25.8. The number of nitrogens with one attached hydrogen (secondary N) is 1. The highest BCUT2D eigenvalue weighted by atomic mass is 35.5. The van der Waals surface area contributed by atoms with E-state index in [1.54, 1.807) is 39.3 Å². The van der Waals surface area contributed by atoms with Crippen LogP contribution in [-0.2, 0) is 4.79 Å². The predicted molar refractivity (Wildman–Crippen MR) is 147 cm³/mol. The van der Waals surface area contributed by atoms with Crippen LogP contribution in [0, 0.1) is 11.3 Å². The van der Waals surface area contributed by atoms with Crippen LogP contribution in [0.4, 0.5) is 4.79 Å². The molecule has 38 heavy (non-hydrogen) atoms. The van der Waals surface area contributed by atoms with Gasteiger partial charge in [0.1, 0.15) is 24.2 Å². The van der Waals surface area contributed by atoms with Crippen molar-refractivity contribution in [1.82, 2.24) is 15.1 Å². The zero-order valence-corrected chi connectivity index (χ0v) is 22.5. The number of piperazine rings is 1. The summed E-state index contributed by atoms with van der Waals surface area (Å²) in [6.07, 6.45) is -0.167. The summed E-state index contributed by atoms with van der Waals surface area (Å²) >= 11 is 7.73. The molecule has 0 aliphatic carbocycles. The van der Waals surface area contributed by atoms with Crippen LogP contribution >= 0.6 is 22.9 Å². The number of amides is 3. The molecule has 3 aromatic rings. The Morgan fingerprint density at radius 1 is 1.21 bits per heavy atom. The Morgan fingerprint density at radius 3 is 2.66 bits per heavy atom. The lowest BCUT2D eigenvalue weighted by Gasteiger charge is -2.35. The van der Waals surface area contributed by atoms with Gasteiger partial charge in [0, 0.05) is 18.1 Å². The van der Waals surface area contributed by atoms with E-state index < -0.39 is 12.1 Å². The number of hydrogen-bond acceptors (Lipinski definition) is 6. The zero-order valence-electron chi connectivity index (χ0n) is 20.9. The Labute approximate surface area is 230 Å². The molecule has 10 heteroatoms. The molecule has 194 valence electrons. The number of hydrogen-bond donors (Lipinski definition) is 1. The number of amidine groups is 1. The number of aliphatic imine (C=N–C) groups is 1. The molecule has 3 heterocycles. The first-order chi connectivity index (χ1) is 18.4. The molecule has 0 unspecified atom stereocenters. The molecular formula is C28H26ClN5O3S. The number of thiophene rings is 1. The van der Waals surface area contributed by atoms with E-state index in [9.17, 15) is 14.9 Å². The summed E-state index contributed by atoms with van der Waals surface area (Å²) < 4.78 is 6.11. The quantitative estimate of drug-likeness (QED) is 0.477. The number of nitriles is 1. The number of carbonyl (C=O) groups excluding carboxylic acids is 2. The molecule has 2 atom stereocenters. The molecular weight excluding hydrogens is 522 g/mol. The molecule has 8 nitrogen and oxygen atoms in total. The van der Waals surface area contributed by atoms with Gasteiger partial charge in [0.15, 0.2) is 0 Å². The van der Waals surface area contributed by atoms with E-state index in [-0.39, 0.29) is 24.6 Å². The SMILES string of the molecule is CC(C)Oc1cc(C#N)ccc1C1=N[C@@H](c2ccc(Cl)cc2)[C@@H](c2ccsc2)N1C(=O)N1CCNC(=O)C1. The van der Waals surface area contributed by atoms with E-state index in [2.05, 4.69) is 11.4 Å². The molecule has 2 aromatic carbocycles. The Kier molecular flexibility index (Phi) is 7.36. The van der Waals surface area contributed by atoms with Gasteiger partial charge in [-0.05, 0) is 72.1 Å². The number of carbonyl (C=O) groups is 2. The minimum Gasteiger partial charge on any atom is -0.490 e. The minimum absolute atomic E-state index is 0.0344. The van der Waals surface area contributed by atoms with Crippen LogP contribution in [0.2, 0.25) is 5.02 Å². The summed E-state index contributed by atoms with van der Waals surface area (Å²) in [5.74, 6) is 0.691. The maximum absolute atomic E-state index is 14.2. The Hall–Kier alpha value is -3.87. The van der Waals surface area contributed by atoms with Crippen molar-refractivity contribution < 1.29 is 14.3 Å². The third-order valence-electron chi connectivity index (χ3n) is 6.39. The fourth-order valence-corrected chi connectivity index (χ4v) is 5.54. The molecule has 0 saturated carbocycles. The Bertz CT molecular complexity index is 1420. The minimum atomic E-state index is -0.461. The fraction of sp³-hybridized carbons (Fsp3) is 0.286. The van der Waals surface area contributed by atoms with E-state index in [1.807, 2.05) is 54.9 Å². The molecule has 1 saturated heterocycles. The Morgan fingerprint density at radius 2 is 2.00 bits per heavy atom. The van der Waals surface area contributed by atoms with Crippen molar-refractivity contribution in [3.8, 4) is 11.8 Å². The first-order valence-corrected chi connectivity index (χ1v) is 13.6. The van der Waals surface area contributed by atoms with Crippen LogP contribution in [0.3, 0.4) is 0 Å². The van der Waals surface area contributed by atoms with Crippen molar-refractivity contribution in [3.63, 3.8) is 0 Å². The van der Waals surface area contributed by atoms with Crippen molar-refractivity contribution in [2.75, 3.05) is 19.6 Å². The van der Waals surface area contributed by atoms with E-state index >= 15 is 0 Å².